The number of unbranched alkanes of at least 4 members (excludes halogenated alkanes) is 2. The van der Waals surface area contributed by atoms with Gasteiger partial charge in [-0.25, -0.2) is 0 Å². The molecule has 0 bridgehead atoms. The summed E-state index contributed by atoms with van der Waals surface area (Å²) in [5.74, 6) is -2.17. The first-order chi connectivity index (χ1) is 18.8. The molecule has 0 radical (unpaired) electrons. The van der Waals surface area contributed by atoms with E-state index >= 15 is 0 Å². The fraction of sp³-hybridized carbons (Fsp3) is 0.400. The van der Waals surface area contributed by atoms with Crippen LogP contribution in [0.3, 0.4) is 0 Å². The third-order valence-corrected chi connectivity index (χ3v) is 10.2. The number of H-pyrrole nitrogens is 2. The summed E-state index contributed by atoms with van der Waals surface area (Å²) in [4.78, 5) is 27.2. The molecule has 6 N–H and O–H groups in total. The molecule has 4 rings (SSSR count). The van der Waals surface area contributed by atoms with Gasteiger partial charge in [0.15, 0.2) is 0 Å². The smallest absolute Gasteiger partial charge is 0.285 e. The molecule has 2 aromatic heterocycles. The number of para-hydroxylation sites is 2. The molecule has 2 atom stereocenters. The molecule has 0 amide bonds. The number of rotatable bonds is 12. The molecule has 208 valence electrons. The quantitative estimate of drug-likeness (QED) is 0.0933. The van der Waals surface area contributed by atoms with E-state index in [-0.39, 0.29) is 34.0 Å². The van der Waals surface area contributed by atoms with Crippen LogP contribution in [0.4, 0.5) is 0 Å². The normalized spacial score (nSPS) is 12.0. The van der Waals surface area contributed by atoms with Crippen LogP contribution >= 0.6 is 0 Å². The summed E-state index contributed by atoms with van der Waals surface area (Å²) in [5, 5.41) is 19.3. The van der Waals surface area contributed by atoms with Crippen LogP contribution in [-0.2, 0) is 22.4 Å². The zero-order valence-electron chi connectivity index (χ0n) is 22.8. The number of benzene rings is 2. The molecule has 0 spiro atoms. The molecule has 39 heavy (non-hydrogen) atoms. The first-order valence-corrected chi connectivity index (χ1v) is 17.5. The summed E-state index contributed by atoms with van der Waals surface area (Å²) < 4.78 is 3.25. The zero-order chi connectivity index (χ0) is 28.6. The van der Waals surface area contributed by atoms with E-state index in [4.69, 9.17) is 21.7 Å². The average molecular weight is 639 g/mol. The molecular formula is C30H40N4O4Sn. The van der Waals surface area contributed by atoms with Crippen molar-refractivity contribution in [3.63, 3.8) is 0 Å². The Labute approximate surface area is 240 Å². The maximum absolute atomic E-state index is 10.6. The Bertz CT molecular complexity index is 1190. The number of hydrogen-bond acceptors (Lipinski definition) is 2. The monoisotopic (exact) mass is 640 g/mol. The van der Waals surface area contributed by atoms with Crippen molar-refractivity contribution in [2.45, 2.75) is 73.3 Å². The summed E-state index contributed by atoms with van der Waals surface area (Å²) in [5.41, 5.74) is 18.4. The number of aliphatic carboxylic acids is 2. The molecule has 0 saturated carbocycles. The van der Waals surface area contributed by atoms with Gasteiger partial charge in [0.05, 0.1) is 0 Å². The standard InChI is InChI=1S/2C11H11N2O2.2C4H9.Sn/c2*12-9(11(14)15)5-7-6-13-10-4-2-1-3-8(7)10;2*1-3-4-2;/h2*1-4,6,9,12-13H,5H2,(H,14,15);2*1,3-4H2,2H3;/q2*-1;;;+2. The van der Waals surface area contributed by atoms with Gasteiger partial charge >= 0.3 is 69.5 Å². The second kappa shape index (κ2) is 17.7. The Hall–Kier alpha value is -2.82. The minimum atomic E-state index is -1.09. The summed E-state index contributed by atoms with van der Waals surface area (Å²) in [6.45, 7) is 4.58. The topological polar surface area (TPSA) is 154 Å². The van der Waals surface area contributed by atoms with Gasteiger partial charge in [-0.15, -0.1) is 0 Å². The molecule has 0 saturated heterocycles. The van der Waals surface area contributed by atoms with Gasteiger partial charge in [-0.2, -0.15) is 0 Å². The van der Waals surface area contributed by atoms with E-state index in [9.17, 15) is 9.59 Å². The Balaban J connectivity index is 0.000000213. The first-order valence-electron chi connectivity index (χ1n) is 13.5. The number of carboxylic acid groups (broad SMARTS) is 2. The van der Waals surface area contributed by atoms with E-state index in [1.54, 1.807) is 21.3 Å². The van der Waals surface area contributed by atoms with Gasteiger partial charge in [-0.05, 0) is 48.2 Å². The number of aromatic amines is 2. The van der Waals surface area contributed by atoms with Gasteiger partial charge in [-0.1, -0.05) is 36.4 Å². The molecule has 9 heteroatoms. The number of hydrogen-bond donors (Lipinski definition) is 4. The van der Waals surface area contributed by atoms with Gasteiger partial charge in [-0.3, -0.25) is 9.59 Å². The van der Waals surface area contributed by atoms with Crippen molar-refractivity contribution in [2.75, 3.05) is 0 Å². The predicted octanol–water partition coefficient (Wildman–Crippen LogP) is 7.56. The van der Waals surface area contributed by atoms with Crippen LogP contribution in [-0.4, -0.2) is 65.3 Å². The second-order valence-electron chi connectivity index (χ2n) is 9.37. The van der Waals surface area contributed by atoms with E-state index in [2.05, 4.69) is 23.8 Å². The summed E-state index contributed by atoms with van der Waals surface area (Å²) in [7, 11) is 0. The van der Waals surface area contributed by atoms with Gasteiger partial charge in [0.1, 0.15) is 0 Å². The van der Waals surface area contributed by atoms with E-state index in [1.165, 1.54) is 25.7 Å². The van der Waals surface area contributed by atoms with Crippen LogP contribution in [0, 0.1) is 0 Å². The largest absolute Gasteiger partial charge is 0.665 e. The van der Waals surface area contributed by atoms with Crippen molar-refractivity contribution in [1.29, 1.82) is 0 Å². The number of carbonyl (C=O) groups is 2. The average Bonchev–Trinajstić information content (AvgIpc) is 3.53. The molecule has 0 fully saturated rings. The third kappa shape index (κ3) is 11.1. The van der Waals surface area contributed by atoms with Crippen LogP contribution in [0.15, 0.2) is 60.9 Å². The van der Waals surface area contributed by atoms with Gasteiger partial charge in [0.25, 0.3) is 11.9 Å². The predicted molar refractivity (Wildman–Crippen MR) is 161 cm³/mol. The Kier molecular flexibility index (Phi) is 14.7. The number of fused-ring (bicyclic) bond motifs is 2. The number of nitrogens with one attached hydrogen (secondary N) is 4. The molecule has 8 nitrogen and oxygen atoms in total. The first kappa shape index (κ1) is 32.4. The van der Waals surface area contributed by atoms with E-state index in [0.717, 1.165) is 32.9 Å². The Morgan fingerprint density at radius 1 is 0.744 bits per heavy atom. The van der Waals surface area contributed by atoms with E-state index in [1.807, 2.05) is 48.5 Å². The van der Waals surface area contributed by atoms with Crippen LogP contribution in [0.5, 0.6) is 0 Å². The summed E-state index contributed by atoms with van der Waals surface area (Å²) in [6, 6.07) is 13.2. The van der Waals surface area contributed by atoms with Crippen molar-refractivity contribution in [3.05, 3.63) is 83.5 Å². The van der Waals surface area contributed by atoms with Crippen molar-refractivity contribution in [3.8, 4) is 0 Å². The Morgan fingerprint density at radius 2 is 1.13 bits per heavy atom. The molecule has 2 heterocycles. The fourth-order valence-electron chi connectivity index (χ4n) is 3.94. The zero-order valence-corrected chi connectivity index (χ0v) is 25.7. The molecule has 2 unspecified atom stereocenters. The summed E-state index contributed by atoms with van der Waals surface area (Å²) >= 11 is 0.149. The Morgan fingerprint density at radius 3 is 1.49 bits per heavy atom. The van der Waals surface area contributed by atoms with Crippen molar-refractivity contribution >= 4 is 54.9 Å². The van der Waals surface area contributed by atoms with E-state index < -0.39 is 24.0 Å². The van der Waals surface area contributed by atoms with Crippen molar-refractivity contribution in [1.82, 2.24) is 9.97 Å². The molecule has 0 aliphatic heterocycles. The van der Waals surface area contributed by atoms with E-state index in [0.29, 0.717) is 0 Å². The summed E-state index contributed by atoms with van der Waals surface area (Å²) in [6.07, 6.45) is 9.86. The van der Waals surface area contributed by atoms with Crippen molar-refractivity contribution < 1.29 is 19.8 Å². The van der Waals surface area contributed by atoms with Crippen LogP contribution in [0.25, 0.3) is 33.3 Å². The third-order valence-electron chi connectivity index (χ3n) is 6.21. The molecule has 4 aromatic rings. The van der Waals surface area contributed by atoms with Crippen LogP contribution in [0.2, 0.25) is 8.87 Å². The van der Waals surface area contributed by atoms with Crippen molar-refractivity contribution in [2.24, 2.45) is 0 Å². The number of carboxylic acids is 2. The molecule has 0 aliphatic rings. The number of aromatic nitrogens is 2. The van der Waals surface area contributed by atoms with Gasteiger partial charge in [0.2, 0.25) is 0 Å². The van der Waals surface area contributed by atoms with Gasteiger partial charge in [0, 0.05) is 34.2 Å². The molecular weight excluding hydrogens is 599 g/mol. The second-order valence-corrected chi connectivity index (χ2v) is 13.6. The molecule has 0 aliphatic carbocycles. The SMILES string of the molecule is CCC[CH2][Sn+2][CH2]CCC.[NH-]C(Cc1c[nH]c2ccccc12)C(=O)O.[NH-]C(Cc1c[nH]c2ccccc12)C(=O)O. The minimum absolute atomic E-state index is 0.149. The van der Waals surface area contributed by atoms with Crippen LogP contribution < -0.4 is 0 Å². The molecule has 2 aromatic carbocycles. The van der Waals surface area contributed by atoms with Gasteiger partial charge < -0.3 is 31.6 Å². The minimum Gasteiger partial charge on any atom is -0.665 e. The fourth-order valence-corrected chi connectivity index (χ4v) is 8.10. The maximum Gasteiger partial charge on any atom is 0.285 e. The maximum atomic E-state index is 10.6. The van der Waals surface area contributed by atoms with Crippen LogP contribution in [0.1, 0.15) is 50.7 Å².